The number of H-pyrrole nitrogens is 2. The number of carbonyl (C=O) groups is 2. The van der Waals surface area contributed by atoms with Crippen LogP contribution in [0.15, 0.2) is 107 Å². The average Bonchev–Trinajstić information content (AvgIpc) is 3.68. The Labute approximate surface area is 308 Å². The molecule has 0 unspecified atom stereocenters. The minimum atomic E-state index is -0.364. The lowest BCUT2D eigenvalue weighted by Crippen LogP contribution is -2.31. The van der Waals surface area contributed by atoms with Gasteiger partial charge in [0.1, 0.15) is 0 Å². The zero-order valence-corrected chi connectivity index (χ0v) is 30.1. The fourth-order valence-corrected chi connectivity index (χ4v) is 9.57. The Hall–Kier alpha value is -4.84. The number of nitrogens with one attached hydrogen (secondary N) is 4. The van der Waals surface area contributed by atoms with Crippen molar-refractivity contribution in [1.82, 2.24) is 9.97 Å². The maximum atomic E-state index is 13.5. The largest absolute Gasteiger partial charge is 0.617 e. The van der Waals surface area contributed by atoms with Gasteiger partial charge in [-0.05, 0) is 97.2 Å². The van der Waals surface area contributed by atoms with E-state index in [9.17, 15) is 20.0 Å². The van der Waals surface area contributed by atoms with Gasteiger partial charge < -0.3 is 31.0 Å². The van der Waals surface area contributed by atoms with Crippen LogP contribution >= 0.6 is 68.7 Å². The van der Waals surface area contributed by atoms with Crippen LogP contribution in [0.2, 0.25) is 0 Å². The number of aromatic amines is 2. The van der Waals surface area contributed by atoms with E-state index in [-0.39, 0.29) is 11.8 Å². The number of carbonyl (C=O) groups excluding carboxylic acids is 2. The quantitative estimate of drug-likeness (QED) is 0.0544. The van der Waals surface area contributed by atoms with Crippen molar-refractivity contribution < 1.29 is 19.0 Å². The SMILES string of the molecule is O=C(Nc1ccc2sc(=S)[nH]c2c1)c1ccc2ccc(SSc3ccc4ccc(C(=O)Nc5ccc6sc(=S)[nH]c6c5)cc4[n+]3[O-])[n+]([O-])c2c1. The zero-order valence-electron chi connectivity index (χ0n) is 25.2. The van der Waals surface area contributed by atoms with Crippen LogP contribution in [0.1, 0.15) is 20.7 Å². The normalized spacial score (nSPS) is 11.4. The van der Waals surface area contributed by atoms with Gasteiger partial charge in [0.15, 0.2) is 7.91 Å². The van der Waals surface area contributed by atoms with Gasteiger partial charge in [-0.25, -0.2) is 0 Å². The lowest BCUT2D eigenvalue weighted by Gasteiger charge is -2.10. The number of rotatable bonds is 7. The van der Waals surface area contributed by atoms with Crippen molar-refractivity contribution in [3.05, 3.63) is 127 Å². The highest BCUT2D eigenvalue weighted by Crippen LogP contribution is 2.35. The van der Waals surface area contributed by atoms with Crippen molar-refractivity contribution in [3.63, 3.8) is 0 Å². The van der Waals surface area contributed by atoms with Crippen molar-refractivity contribution in [2.75, 3.05) is 10.6 Å². The second-order valence-electron chi connectivity index (χ2n) is 11.0. The molecule has 8 rings (SSSR count). The first-order valence-corrected chi connectivity index (χ1v) is 19.3. The number of pyridine rings is 2. The van der Waals surface area contributed by atoms with Crippen molar-refractivity contribution in [2.45, 2.75) is 10.1 Å². The number of nitrogens with zero attached hydrogens (tertiary/aromatic N) is 2. The molecule has 0 saturated heterocycles. The molecule has 2 amide bonds. The van der Waals surface area contributed by atoms with E-state index in [1.807, 2.05) is 24.3 Å². The van der Waals surface area contributed by atoms with Crippen molar-refractivity contribution in [3.8, 4) is 0 Å². The Morgan fingerprint density at radius 3 is 1.46 bits per heavy atom. The van der Waals surface area contributed by atoms with Crippen molar-refractivity contribution in [1.29, 1.82) is 0 Å². The topological polar surface area (TPSA) is 144 Å². The van der Waals surface area contributed by atoms with Gasteiger partial charge in [0.05, 0.1) is 20.4 Å². The van der Waals surface area contributed by atoms with Crippen LogP contribution in [0.4, 0.5) is 11.4 Å². The molecule has 4 aromatic heterocycles. The number of hydrogen-bond donors (Lipinski definition) is 4. The summed E-state index contributed by atoms with van der Waals surface area (Å²) in [5.74, 6) is -0.727. The molecule has 0 spiro atoms. The van der Waals surface area contributed by atoms with Crippen LogP contribution in [0.5, 0.6) is 0 Å². The summed E-state index contributed by atoms with van der Waals surface area (Å²) in [6.07, 6.45) is 0. The van der Waals surface area contributed by atoms with E-state index in [0.717, 1.165) is 51.5 Å². The van der Waals surface area contributed by atoms with Crippen LogP contribution in [-0.2, 0) is 0 Å². The third kappa shape index (κ3) is 6.32. The van der Waals surface area contributed by atoms with E-state index in [0.29, 0.717) is 62.3 Å². The molecule has 0 saturated carbocycles. The molecule has 0 aliphatic heterocycles. The summed E-state index contributed by atoms with van der Waals surface area (Å²) in [7, 11) is 2.24. The van der Waals surface area contributed by atoms with Gasteiger partial charge in [-0.15, -0.1) is 22.7 Å². The second-order valence-corrected chi connectivity index (χ2v) is 16.6. The minimum Gasteiger partial charge on any atom is -0.617 e. The molecular formula is C34H20N6O4S6. The minimum absolute atomic E-state index is 0.311. The van der Waals surface area contributed by atoms with Crippen molar-refractivity contribution >= 4 is 134 Å². The van der Waals surface area contributed by atoms with Gasteiger partial charge in [0.2, 0.25) is 11.0 Å². The van der Waals surface area contributed by atoms with Crippen LogP contribution in [-0.4, -0.2) is 21.8 Å². The first-order chi connectivity index (χ1) is 24.2. The number of benzene rings is 4. The van der Waals surface area contributed by atoms with E-state index in [1.54, 1.807) is 72.8 Å². The second kappa shape index (κ2) is 13.1. The van der Waals surface area contributed by atoms with E-state index >= 15 is 0 Å². The molecule has 50 heavy (non-hydrogen) atoms. The smallest absolute Gasteiger partial charge is 0.263 e. The molecule has 4 N–H and O–H groups in total. The van der Waals surface area contributed by atoms with Gasteiger partial charge in [-0.3, -0.25) is 9.59 Å². The molecule has 0 fully saturated rings. The summed E-state index contributed by atoms with van der Waals surface area (Å²) in [4.78, 5) is 32.5. The van der Waals surface area contributed by atoms with E-state index in [1.165, 1.54) is 22.7 Å². The number of aromatic nitrogens is 4. The maximum Gasteiger partial charge on any atom is 0.263 e. The summed E-state index contributed by atoms with van der Waals surface area (Å²) in [6.45, 7) is 0. The lowest BCUT2D eigenvalue weighted by molar-refractivity contribution is -0.619. The average molecular weight is 769 g/mol. The van der Waals surface area contributed by atoms with Crippen LogP contribution in [0, 0.1) is 18.3 Å². The molecule has 16 heteroatoms. The third-order valence-electron chi connectivity index (χ3n) is 7.80. The highest BCUT2D eigenvalue weighted by Gasteiger charge is 2.20. The van der Waals surface area contributed by atoms with E-state index in [2.05, 4.69) is 20.6 Å². The third-order valence-corrected chi connectivity index (χ3v) is 12.5. The number of fused-ring (bicyclic) bond motifs is 4. The van der Waals surface area contributed by atoms with Gasteiger partial charge in [-0.2, -0.15) is 9.46 Å². The highest BCUT2D eigenvalue weighted by molar-refractivity contribution is 8.76. The maximum absolute atomic E-state index is 13.5. The number of anilines is 2. The van der Waals surface area contributed by atoms with Crippen LogP contribution in [0.25, 0.3) is 42.2 Å². The fraction of sp³-hybridized carbons (Fsp3) is 0. The van der Waals surface area contributed by atoms with Gasteiger partial charge in [-0.1, -0.05) is 0 Å². The molecular weight excluding hydrogens is 749 g/mol. The number of amides is 2. The molecule has 10 nitrogen and oxygen atoms in total. The van der Waals surface area contributed by atoms with Gasteiger partial charge >= 0.3 is 0 Å². The molecule has 0 bridgehead atoms. The molecule has 0 atom stereocenters. The van der Waals surface area contributed by atoms with Gasteiger partial charge in [0.25, 0.3) is 21.9 Å². The Morgan fingerprint density at radius 2 is 1.02 bits per heavy atom. The van der Waals surface area contributed by atoms with E-state index < -0.39 is 0 Å². The van der Waals surface area contributed by atoms with Crippen LogP contribution < -0.4 is 20.1 Å². The lowest BCUT2D eigenvalue weighted by atomic mass is 10.1. The zero-order chi connectivity index (χ0) is 34.5. The summed E-state index contributed by atoms with van der Waals surface area (Å²) in [6, 6.07) is 27.8. The number of thiazole rings is 2. The number of hydrogen-bond acceptors (Lipinski definition) is 10. The first kappa shape index (κ1) is 32.4. The molecule has 4 heterocycles. The Bertz CT molecular complexity index is 2620. The molecule has 246 valence electrons. The molecule has 0 radical (unpaired) electrons. The van der Waals surface area contributed by atoms with E-state index in [4.69, 9.17) is 24.4 Å². The first-order valence-electron chi connectivity index (χ1n) is 14.7. The van der Waals surface area contributed by atoms with Crippen LogP contribution in [0.3, 0.4) is 0 Å². The fourth-order valence-electron chi connectivity index (χ4n) is 5.37. The predicted octanol–water partition coefficient (Wildman–Crippen LogP) is 9.11. The van der Waals surface area contributed by atoms with Gasteiger partial charge in [0, 0.05) is 79.1 Å². The summed E-state index contributed by atoms with van der Waals surface area (Å²) < 4.78 is 4.78. The predicted molar refractivity (Wildman–Crippen MR) is 207 cm³/mol. The summed E-state index contributed by atoms with van der Waals surface area (Å²) in [5.41, 5.74) is 4.11. The summed E-state index contributed by atoms with van der Waals surface area (Å²) in [5, 5.41) is 34.7. The standard InChI is InChI=1S/C34H20N6O4S6/c41-31(35-21-7-9-27-23(15-21)37-33(45)47-27)19-3-1-17-5-11-29(39(43)25(17)13-19)49-50-30-12-6-18-2-4-20(14-26(18)40(30)44)32(42)36-22-8-10-28-24(16-22)38-34(46)48-28/h1-16H,(H,35,41)(H,36,42)(H,37,45)(H,38,46). The Balaban J connectivity index is 1.00. The summed E-state index contributed by atoms with van der Waals surface area (Å²) >= 11 is 13.3. The Morgan fingerprint density at radius 1 is 0.600 bits per heavy atom. The molecule has 0 aliphatic carbocycles. The van der Waals surface area contributed by atoms with Crippen molar-refractivity contribution in [2.24, 2.45) is 0 Å². The monoisotopic (exact) mass is 768 g/mol. The molecule has 8 aromatic rings. The Kier molecular flexibility index (Phi) is 8.50. The molecule has 4 aromatic carbocycles. The molecule has 0 aliphatic rings. The highest BCUT2D eigenvalue weighted by atomic mass is 33.1.